The second-order valence-electron chi connectivity index (χ2n) is 5.68. The first kappa shape index (κ1) is 12.5. The Morgan fingerprint density at radius 1 is 1.32 bits per heavy atom. The van der Waals surface area contributed by atoms with Gasteiger partial charge in [-0.25, -0.2) is 0 Å². The van der Waals surface area contributed by atoms with Crippen molar-refractivity contribution >= 4 is 5.91 Å². The lowest BCUT2D eigenvalue weighted by molar-refractivity contribution is -0.132. The highest BCUT2D eigenvalue weighted by Crippen LogP contribution is 2.34. The molecule has 0 saturated heterocycles. The van der Waals surface area contributed by atoms with E-state index in [2.05, 4.69) is 37.3 Å². The maximum Gasteiger partial charge on any atom is 0.227 e. The number of carbonyl (C=O) groups is 1. The second-order valence-corrected chi connectivity index (χ2v) is 5.68. The molecule has 1 aliphatic carbocycles. The molecule has 0 N–H and O–H groups in total. The number of rotatable bonds is 2. The number of hydrogen-bond donors (Lipinski definition) is 0. The molecule has 2 nitrogen and oxygen atoms in total. The zero-order valence-electron chi connectivity index (χ0n) is 11.6. The Labute approximate surface area is 115 Å². The van der Waals surface area contributed by atoms with Gasteiger partial charge in [-0.3, -0.25) is 4.79 Å². The third-order valence-corrected chi connectivity index (χ3v) is 4.40. The molecule has 100 valence electrons. The zero-order chi connectivity index (χ0) is 13.2. The van der Waals surface area contributed by atoms with Crippen LogP contribution < -0.4 is 0 Å². The summed E-state index contributed by atoms with van der Waals surface area (Å²) in [6, 6.07) is 8.63. The molecular weight excluding hydrogens is 234 g/mol. The van der Waals surface area contributed by atoms with Crippen LogP contribution in [0.1, 0.15) is 56.2 Å². The van der Waals surface area contributed by atoms with Crippen LogP contribution >= 0.6 is 0 Å². The van der Waals surface area contributed by atoms with Gasteiger partial charge in [0.15, 0.2) is 0 Å². The van der Waals surface area contributed by atoms with E-state index in [9.17, 15) is 4.79 Å². The predicted molar refractivity (Wildman–Crippen MR) is 76.6 cm³/mol. The van der Waals surface area contributed by atoms with Crippen LogP contribution in [0.4, 0.5) is 0 Å². The summed E-state index contributed by atoms with van der Waals surface area (Å²) < 4.78 is 0. The highest BCUT2D eigenvalue weighted by atomic mass is 16.2. The van der Waals surface area contributed by atoms with Gasteiger partial charge in [-0.15, -0.1) is 0 Å². The van der Waals surface area contributed by atoms with Crippen molar-refractivity contribution < 1.29 is 4.79 Å². The van der Waals surface area contributed by atoms with Crippen molar-refractivity contribution in [2.45, 2.75) is 51.6 Å². The van der Waals surface area contributed by atoms with Crippen molar-refractivity contribution in [2.24, 2.45) is 0 Å². The van der Waals surface area contributed by atoms with E-state index in [0.29, 0.717) is 6.42 Å². The molecule has 1 aromatic carbocycles. The summed E-state index contributed by atoms with van der Waals surface area (Å²) in [5.74, 6) is 0.289. The largest absolute Gasteiger partial charge is 0.331 e. The molecule has 2 heteroatoms. The lowest BCUT2D eigenvalue weighted by atomic mass is 9.96. The fourth-order valence-corrected chi connectivity index (χ4v) is 3.24. The van der Waals surface area contributed by atoms with Gasteiger partial charge in [0.1, 0.15) is 0 Å². The maximum atomic E-state index is 12.5. The van der Waals surface area contributed by atoms with Crippen molar-refractivity contribution in [2.75, 3.05) is 0 Å². The summed E-state index contributed by atoms with van der Waals surface area (Å²) in [5, 5.41) is 0. The number of hydrogen-bond acceptors (Lipinski definition) is 1. The van der Waals surface area contributed by atoms with Crippen molar-refractivity contribution in [3.63, 3.8) is 0 Å². The van der Waals surface area contributed by atoms with E-state index in [4.69, 9.17) is 0 Å². The van der Waals surface area contributed by atoms with Gasteiger partial charge < -0.3 is 4.90 Å². The van der Waals surface area contributed by atoms with Crippen LogP contribution in [0.15, 0.2) is 35.9 Å². The molecule has 1 aliphatic heterocycles. The number of benzene rings is 1. The summed E-state index contributed by atoms with van der Waals surface area (Å²) >= 11 is 0. The van der Waals surface area contributed by atoms with Crippen LogP contribution in [0.5, 0.6) is 0 Å². The minimum Gasteiger partial charge on any atom is -0.331 e. The van der Waals surface area contributed by atoms with E-state index in [-0.39, 0.29) is 11.9 Å². The number of allylic oxidation sites excluding steroid dienone is 1. The van der Waals surface area contributed by atoms with Gasteiger partial charge in [0.05, 0.1) is 6.04 Å². The van der Waals surface area contributed by atoms with Crippen LogP contribution in [-0.4, -0.2) is 10.8 Å². The van der Waals surface area contributed by atoms with Crippen LogP contribution in [0, 0.1) is 0 Å². The molecular formula is C17H21NO. The molecule has 0 bridgehead atoms. The summed E-state index contributed by atoms with van der Waals surface area (Å²) in [6.45, 7) is 2.92. The van der Waals surface area contributed by atoms with Gasteiger partial charge >= 0.3 is 0 Å². The topological polar surface area (TPSA) is 20.3 Å². The first-order valence-corrected chi connectivity index (χ1v) is 7.31. The molecule has 1 atom stereocenters. The first-order chi connectivity index (χ1) is 9.25. The zero-order valence-corrected chi connectivity index (χ0v) is 11.6. The summed E-state index contributed by atoms with van der Waals surface area (Å²) in [5.41, 5.74) is 3.97. The normalized spacial score (nSPS) is 22.1. The maximum absolute atomic E-state index is 12.5. The Balaban J connectivity index is 1.71. The molecule has 3 rings (SSSR count). The fraction of sp³-hybridized carbons (Fsp3) is 0.471. The molecule has 0 unspecified atom stereocenters. The smallest absolute Gasteiger partial charge is 0.227 e. The fourth-order valence-electron chi connectivity index (χ4n) is 3.24. The van der Waals surface area contributed by atoms with Gasteiger partial charge in [-0.1, -0.05) is 35.9 Å². The highest BCUT2D eigenvalue weighted by molar-refractivity contribution is 5.80. The van der Waals surface area contributed by atoms with Gasteiger partial charge in [-0.05, 0) is 43.7 Å². The van der Waals surface area contributed by atoms with Crippen molar-refractivity contribution in [1.82, 2.24) is 4.90 Å². The SMILES string of the molecule is C[C@H]1c2ccccc2CN1C(=O)CC1=CCCCC1. The average Bonchev–Trinajstić information content (AvgIpc) is 2.78. The molecule has 0 aromatic heterocycles. The van der Waals surface area contributed by atoms with E-state index in [1.165, 1.54) is 29.5 Å². The molecule has 2 aliphatic rings. The Bertz CT molecular complexity index is 518. The molecule has 0 spiro atoms. The van der Waals surface area contributed by atoms with Crippen molar-refractivity contribution in [1.29, 1.82) is 0 Å². The van der Waals surface area contributed by atoms with Crippen LogP contribution in [0.2, 0.25) is 0 Å². The van der Waals surface area contributed by atoms with Gasteiger partial charge in [-0.2, -0.15) is 0 Å². The highest BCUT2D eigenvalue weighted by Gasteiger charge is 2.29. The molecule has 0 fully saturated rings. The number of nitrogens with zero attached hydrogens (tertiary/aromatic N) is 1. The van der Waals surface area contributed by atoms with Crippen molar-refractivity contribution in [3.8, 4) is 0 Å². The Hall–Kier alpha value is -1.57. The third-order valence-electron chi connectivity index (χ3n) is 4.40. The molecule has 1 aromatic rings. The number of carbonyl (C=O) groups excluding carboxylic acids is 1. The third kappa shape index (κ3) is 2.44. The van der Waals surface area contributed by atoms with E-state index >= 15 is 0 Å². The van der Waals surface area contributed by atoms with Crippen LogP contribution in [0.3, 0.4) is 0 Å². The standard InChI is InChI=1S/C17H21NO/c1-13-16-10-6-5-9-15(16)12-18(13)17(19)11-14-7-3-2-4-8-14/h5-7,9-10,13H,2-4,8,11-12H2,1H3/t13-/m0/s1. The van der Waals surface area contributed by atoms with Gasteiger partial charge in [0.2, 0.25) is 5.91 Å². The van der Waals surface area contributed by atoms with E-state index in [1.54, 1.807) is 0 Å². The molecule has 1 amide bonds. The van der Waals surface area contributed by atoms with Gasteiger partial charge in [0.25, 0.3) is 0 Å². The number of fused-ring (bicyclic) bond motifs is 1. The van der Waals surface area contributed by atoms with E-state index in [1.807, 2.05) is 4.90 Å². The molecule has 0 radical (unpaired) electrons. The minimum absolute atomic E-state index is 0.230. The quantitative estimate of drug-likeness (QED) is 0.732. The first-order valence-electron chi connectivity index (χ1n) is 7.31. The van der Waals surface area contributed by atoms with Crippen molar-refractivity contribution in [3.05, 3.63) is 47.0 Å². The second kappa shape index (κ2) is 5.20. The van der Waals surface area contributed by atoms with Crippen LogP contribution in [0.25, 0.3) is 0 Å². The van der Waals surface area contributed by atoms with E-state index in [0.717, 1.165) is 19.4 Å². The lowest BCUT2D eigenvalue weighted by Crippen LogP contribution is -2.28. The Kier molecular flexibility index (Phi) is 3.41. The Morgan fingerprint density at radius 3 is 2.89 bits per heavy atom. The summed E-state index contributed by atoms with van der Waals surface area (Å²) in [6.07, 6.45) is 7.69. The lowest BCUT2D eigenvalue weighted by Gasteiger charge is -2.23. The molecule has 0 saturated carbocycles. The molecule has 1 heterocycles. The minimum atomic E-state index is 0.230. The molecule has 19 heavy (non-hydrogen) atoms. The summed E-state index contributed by atoms with van der Waals surface area (Å²) in [7, 11) is 0. The average molecular weight is 255 g/mol. The Morgan fingerprint density at radius 2 is 2.16 bits per heavy atom. The monoisotopic (exact) mass is 255 g/mol. The number of amides is 1. The predicted octanol–water partition coefficient (Wildman–Crippen LogP) is 3.98. The van der Waals surface area contributed by atoms with E-state index < -0.39 is 0 Å². The summed E-state index contributed by atoms with van der Waals surface area (Å²) in [4.78, 5) is 14.5. The van der Waals surface area contributed by atoms with Gasteiger partial charge in [0, 0.05) is 13.0 Å². The van der Waals surface area contributed by atoms with Crippen LogP contribution in [-0.2, 0) is 11.3 Å².